The van der Waals surface area contributed by atoms with E-state index in [-0.39, 0.29) is 24.7 Å². The molecule has 2 aromatic heterocycles. The van der Waals surface area contributed by atoms with Crippen molar-refractivity contribution in [3.8, 4) is 0 Å². The Bertz CT molecular complexity index is 970. The average molecular weight is 448 g/mol. The number of halogens is 1. The van der Waals surface area contributed by atoms with Crippen molar-refractivity contribution in [2.24, 2.45) is 0 Å². The average Bonchev–Trinajstić information content (AvgIpc) is 3.41. The molecular weight excluding hydrogens is 430 g/mol. The number of nitrogens with one attached hydrogen (secondary N) is 1. The highest BCUT2D eigenvalue weighted by Crippen LogP contribution is 2.26. The van der Waals surface area contributed by atoms with Crippen LogP contribution in [-0.2, 0) is 14.3 Å². The summed E-state index contributed by atoms with van der Waals surface area (Å²) >= 11 is 8.51. The number of ketones is 1. The van der Waals surface area contributed by atoms with Gasteiger partial charge in [0.2, 0.25) is 0 Å². The Kier molecular flexibility index (Phi) is 7.57. The highest BCUT2D eigenvalue weighted by atomic mass is 35.5. The maximum atomic E-state index is 12.3. The third-order valence-corrected chi connectivity index (χ3v) is 6.24. The molecule has 0 radical (unpaired) electrons. The zero-order valence-corrected chi connectivity index (χ0v) is 17.7. The van der Waals surface area contributed by atoms with Crippen LogP contribution >= 0.6 is 34.3 Å². The van der Waals surface area contributed by atoms with Crippen LogP contribution in [0.15, 0.2) is 60.0 Å². The van der Waals surface area contributed by atoms with E-state index in [0.29, 0.717) is 9.21 Å². The lowest BCUT2D eigenvalue weighted by molar-refractivity contribution is -0.148. The SMILES string of the molecule is O=C(COC(=O)CCC(=O)c1ccc(Cl)s1)NC(c1ccccc1)c1cccs1. The molecule has 0 bridgehead atoms. The first-order chi connectivity index (χ1) is 14.0. The van der Waals surface area contributed by atoms with Crippen LogP contribution in [0.3, 0.4) is 0 Å². The van der Waals surface area contributed by atoms with Crippen molar-refractivity contribution in [2.45, 2.75) is 18.9 Å². The second-order valence-corrected chi connectivity index (χ2v) is 8.81. The monoisotopic (exact) mass is 447 g/mol. The second kappa shape index (κ2) is 10.3. The van der Waals surface area contributed by atoms with Crippen LogP contribution in [0.4, 0.5) is 0 Å². The largest absolute Gasteiger partial charge is 0.456 e. The van der Waals surface area contributed by atoms with Crippen LogP contribution in [0.2, 0.25) is 4.34 Å². The number of carbonyl (C=O) groups excluding carboxylic acids is 3. The number of benzene rings is 1. The molecule has 1 N–H and O–H groups in total. The van der Waals surface area contributed by atoms with Crippen molar-refractivity contribution < 1.29 is 19.1 Å². The minimum atomic E-state index is -0.594. The summed E-state index contributed by atoms with van der Waals surface area (Å²) in [5.74, 6) is -1.18. The Balaban J connectivity index is 1.49. The minimum Gasteiger partial charge on any atom is -0.456 e. The molecule has 2 heterocycles. The fourth-order valence-electron chi connectivity index (χ4n) is 2.64. The van der Waals surface area contributed by atoms with Crippen LogP contribution in [-0.4, -0.2) is 24.3 Å². The molecule has 150 valence electrons. The van der Waals surface area contributed by atoms with Crippen LogP contribution < -0.4 is 5.32 Å². The third-order valence-electron chi connectivity index (χ3n) is 4.03. The van der Waals surface area contributed by atoms with Crippen LogP contribution in [0.25, 0.3) is 0 Å². The van der Waals surface area contributed by atoms with Gasteiger partial charge in [-0.3, -0.25) is 14.4 Å². The molecule has 0 aliphatic carbocycles. The quantitative estimate of drug-likeness (QED) is 0.375. The number of Topliss-reactive ketones (excluding diaryl/α,β-unsaturated/α-hetero) is 1. The zero-order chi connectivity index (χ0) is 20.6. The highest BCUT2D eigenvalue weighted by molar-refractivity contribution is 7.18. The van der Waals surface area contributed by atoms with Crippen molar-refractivity contribution in [3.63, 3.8) is 0 Å². The Morgan fingerprint density at radius 3 is 2.45 bits per heavy atom. The summed E-state index contributed by atoms with van der Waals surface area (Å²) < 4.78 is 5.55. The van der Waals surface area contributed by atoms with Gasteiger partial charge in [0.25, 0.3) is 5.91 Å². The number of amides is 1. The summed E-state index contributed by atoms with van der Waals surface area (Å²) in [6.45, 7) is -0.396. The van der Waals surface area contributed by atoms with E-state index in [9.17, 15) is 14.4 Å². The topological polar surface area (TPSA) is 72.5 Å². The molecule has 1 unspecified atom stereocenters. The number of ether oxygens (including phenoxy) is 1. The Morgan fingerprint density at radius 2 is 1.79 bits per heavy atom. The van der Waals surface area contributed by atoms with Gasteiger partial charge in [-0.05, 0) is 29.1 Å². The summed E-state index contributed by atoms with van der Waals surface area (Å²) in [5, 5.41) is 4.84. The number of carbonyl (C=O) groups is 3. The molecule has 0 fully saturated rings. The lowest BCUT2D eigenvalue weighted by Crippen LogP contribution is -2.32. The minimum absolute atomic E-state index is 0.0130. The molecule has 1 amide bonds. The van der Waals surface area contributed by atoms with Crippen molar-refractivity contribution in [2.75, 3.05) is 6.61 Å². The molecule has 29 heavy (non-hydrogen) atoms. The Morgan fingerprint density at radius 1 is 1.00 bits per heavy atom. The van der Waals surface area contributed by atoms with Gasteiger partial charge in [0.05, 0.1) is 21.7 Å². The smallest absolute Gasteiger partial charge is 0.306 e. The van der Waals surface area contributed by atoms with Gasteiger partial charge in [-0.1, -0.05) is 48.0 Å². The van der Waals surface area contributed by atoms with E-state index in [1.165, 1.54) is 22.7 Å². The van der Waals surface area contributed by atoms with Crippen molar-refractivity contribution >= 4 is 51.9 Å². The van der Waals surface area contributed by atoms with E-state index in [1.54, 1.807) is 12.1 Å². The van der Waals surface area contributed by atoms with Gasteiger partial charge in [0.1, 0.15) is 0 Å². The number of rotatable bonds is 9. The van der Waals surface area contributed by atoms with Gasteiger partial charge < -0.3 is 10.1 Å². The number of hydrogen-bond acceptors (Lipinski definition) is 6. The molecule has 8 heteroatoms. The summed E-state index contributed by atoms with van der Waals surface area (Å²) in [4.78, 5) is 37.7. The summed E-state index contributed by atoms with van der Waals surface area (Å²) in [7, 11) is 0. The van der Waals surface area contributed by atoms with Gasteiger partial charge in [0, 0.05) is 11.3 Å². The Hall–Kier alpha value is -2.48. The fourth-order valence-corrected chi connectivity index (χ4v) is 4.46. The molecule has 0 spiro atoms. The summed E-state index contributed by atoms with van der Waals surface area (Å²) in [5.41, 5.74) is 0.940. The molecule has 0 aliphatic heterocycles. The van der Waals surface area contributed by atoms with E-state index in [2.05, 4.69) is 5.32 Å². The lowest BCUT2D eigenvalue weighted by atomic mass is 10.1. The number of hydrogen-bond donors (Lipinski definition) is 1. The predicted molar refractivity (Wildman–Crippen MR) is 115 cm³/mol. The van der Waals surface area contributed by atoms with Gasteiger partial charge in [0.15, 0.2) is 12.4 Å². The molecule has 3 aromatic rings. The fraction of sp³-hybridized carbons (Fsp3) is 0.190. The van der Waals surface area contributed by atoms with E-state index in [4.69, 9.17) is 16.3 Å². The maximum absolute atomic E-state index is 12.3. The van der Waals surface area contributed by atoms with Gasteiger partial charge in [-0.15, -0.1) is 22.7 Å². The van der Waals surface area contributed by atoms with Crippen molar-refractivity contribution in [1.29, 1.82) is 0 Å². The normalized spacial score (nSPS) is 11.6. The van der Waals surface area contributed by atoms with Crippen LogP contribution in [0.5, 0.6) is 0 Å². The van der Waals surface area contributed by atoms with E-state index in [0.717, 1.165) is 10.4 Å². The molecule has 1 atom stereocenters. The molecule has 1 aromatic carbocycles. The van der Waals surface area contributed by atoms with E-state index >= 15 is 0 Å². The van der Waals surface area contributed by atoms with Gasteiger partial charge in [-0.25, -0.2) is 0 Å². The summed E-state index contributed by atoms with van der Waals surface area (Å²) in [6, 6.07) is 16.4. The standard InChI is InChI=1S/C21H18ClNO4S2/c22-18-10-9-16(29-18)15(24)8-11-20(26)27-13-19(25)23-21(17-7-4-12-28-17)14-5-2-1-3-6-14/h1-7,9-10,12,21H,8,11,13H2,(H,23,25). The predicted octanol–water partition coefficient (Wildman–Crippen LogP) is 4.87. The van der Waals surface area contributed by atoms with E-state index in [1.807, 2.05) is 47.8 Å². The summed E-state index contributed by atoms with van der Waals surface area (Å²) in [6.07, 6.45) is -0.0756. The molecule has 3 rings (SSSR count). The highest BCUT2D eigenvalue weighted by Gasteiger charge is 2.19. The van der Waals surface area contributed by atoms with Crippen molar-refractivity contribution in [3.05, 3.63) is 79.6 Å². The first-order valence-electron chi connectivity index (χ1n) is 8.85. The first-order valence-corrected chi connectivity index (χ1v) is 10.9. The van der Waals surface area contributed by atoms with Crippen LogP contribution in [0.1, 0.15) is 39.0 Å². The zero-order valence-electron chi connectivity index (χ0n) is 15.3. The van der Waals surface area contributed by atoms with Gasteiger partial charge >= 0.3 is 5.97 Å². The number of thiophene rings is 2. The van der Waals surface area contributed by atoms with Crippen molar-refractivity contribution in [1.82, 2.24) is 5.32 Å². The number of esters is 1. The van der Waals surface area contributed by atoms with Crippen LogP contribution in [0, 0.1) is 0 Å². The Labute approximate surface area is 181 Å². The lowest BCUT2D eigenvalue weighted by Gasteiger charge is -2.18. The molecule has 0 saturated carbocycles. The second-order valence-electron chi connectivity index (χ2n) is 6.11. The maximum Gasteiger partial charge on any atom is 0.306 e. The molecule has 0 saturated heterocycles. The first kappa shape index (κ1) is 21.2. The third kappa shape index (κ3) is 6.25. The molecular formula is C21H18ClNO4S2. The van der Waals surface area contributed by atoms with Gasteiger partial charge in [-0.2, -0.15) is 0 Å². The molecule has 0 aliphatic rings. The van der Waals surface area contributed by atoms with E-state index < -0.39 is 18.5 Å². The molecule has 5 nitrogen and oxygen atoms in total.